The van der Waals surface area contributed by atoms with E-state index in [9.17, 15) is 4.79 Å². The summed E-state index contributed by atoms with van der Waals surface area (Å²) in [6.45, 7) is 1.01. The maximum absolute atomic E-state index is 12.3. The quantitative estimate of drug-likeness (QED) is 0.474. The van der Waals surface area contributed by atoms with Crippen LogP contribution >= 0.6 is 0 Å². The Hall–Kier alpha value is -2.55. The SMILES string of the molecule is O=C1C=CN(CCC2c3ccccc3NC2C2CCCCCCCCC2)C(Cc2ccccc2)C1. The molecule has 1 aliphatic carbocycles. The van der Waals surface area contributed by atoms with E-state index in [2.05, 4.69) is 71.0 Å². The van der Waals surface area contributed by atoms with Crippen LogP contribution in [-0.2, 0) is 11.2 Å². The molecular formula is C32H42N2O. The summed E-state index contributed by atoms with van der Waals surface area (Å²) in [7, 11) is 0. The largest absolute Gasteiger partial charge is 0.381 e. The average molecular weight is 471 g/mol. The zero-order chi connectivity index (χ0) is 23.9. The van der Waals surface area contributed by atoms with Crippen LogP contribution in [0.3, 0.4) is 0 Å². The molecule has 0 spiro atoms. The lowest BCUT2D eigenvalue weighted by molar-refractivity contribution is -0.116. The number of hydrogen-bond donors (Lipinski definition) is 1. The monoisotopic (exact) mass is 470 g/mol. The summed E-state index contributed by atoms with van der Waals surface area (Å²) >= 11 is 0. The molecule has 1 N–H and O–H groups in total. The number of carbonyl (C=O) groups excluding carboxylic acids is 1. The number of nitrogens with zero attached hydrogens (tertiary/aromatic N) is 1. The molecule has 2 aliphatic heterocycles. The molecule has 35 heavy (non-hydrogen) atoms. The highest BCUT2D eigenvalue weighted by Gasteiger charge is 2.37. The second kappa shape index (κ2) is 11.9. The van der Waals surface area contributed by atoms with E-state index in [1.165, 1.54) is 74.6 Å². The Balaban J connectivity index is 1.31. The van der Waals surface area contributed by atoms with E-state index in [4.69, 9.17) is 0 Å². The van der Waals surface area contributed by atoms with Crippen molar-refractivity contribution >= 4 is 11.5 Å². The van der Waals surface area contributed by atoms with Gasteiger partial charge in [-0.1, -0.05) is 93.5 Å². The molecule has 0 saturated heterocycles. The Labute approximate surface area is 212 Å². The summed E-state index contributed by atoms with van der Waals surface area (Å²) in [4.78, 5) is 14.7. The molecule has 186 valence electrons. The van der Waals surface area contributed by atoms with Crippen LogP contribution in [-0.4, -0.2) is 29.3 Å². The molecular weight excluding hydrogens is 428 g/mol. The average Bonchev–Trinajstić information content (AvgIpc) is 3.26. The lowest BCUT2D eigenvalue weighted by Crippen LogP contribution is -2.39. The van der Waals surface area contributed by atoms with Crippen LogP contribution < -0.4 is 5.32 Å². The van der Waals surface area contributed by atoms with Crippen LogP contribution in [0.4, 0.5) is 5.69 Å². The zero-order valence-corrected chi connectivity index (χ0v) is 21.2. The van der Waals surface area contributed by atoms with Gasteiger partial charge in [0.25, 0.3) is 0 Å². The van der Waals surface area contributed by atoms with Gasteiger partial charge in [0.2, 0.25) is 0 Å². The van der Waals surface area contributed by atoms with E-state index in [0.717, 1.165) is 25.3 Å². The highest BCUT2D eigenvalue weighted by molar-refractivity contribution is 5.90. The predicted octanol–water partition coefficient (Wildman–Crippen LogP) is 7.49. The standard InChI is InChI=1S/C32H42N2O/c35-28-19-21-34(27(24-28)23-25-13-7-6-8-14-25)22-20-30-29-17-11-12-18-31(29)33-32(30)26-15-9-4-2-1-3-5-10-16-26/h6-8,11-14,17-19,21,26-27,30,32-33H,1-5,9-10,15-16,20,22-24H2. The summed E-state index contributed by atoms with van der Waals surface area (Å²) in [5.41, 5.74) is 4.17. The molecule has 0 aromatic heterocycles. The Morgan fingerprint density at radius 1 is 0.829 bits per heavy atom. The second-order valence-corrected chi connectivity index (χ2v) is 11.0. The highest BCUT2D eigenvalue weighted by Crippen LogP contribution is 2.43. The molecule has 5 rings (SSSR count). The summed E-state index contributed by atoms with van der Waals surface area (Å²) in [6.07, 6.45) is 19.1. The van der Waals surface area contributed by atoms with Crippen molar-refractivity contribution in [3.05, 3.63) is 78.0 Å². The number of carbonyl (C=O) groups is 1. The lowest BCUT2D eigenvalue weighted by Gasteiger charge is -2.35. The molecule has 1 saturated carbocycles. The van der Waals surface area contributed by atoms with Crippen molar-refractivity contribution in [3.8, 4) is 0 Å². The third-order valence-corrected chi connectivity index (χ3v) is 8.64. The number of fused-ring (bicyclic) bond motifs is 1. The van der Waals surface area contributed by atoms with Gasteiger partial charge in [0.05, 0.1) is 0 Å². The predicted molar refractivity (Wildman–Crippen MR) is 146 cm³/mol. The number of hydrogen-bond acceptors (Lipinski definition) is 3. The number of ketones is 1. The van der Waals surface area contributed by atoms with Gasteiger partial charge < -0.3 is 10.2 Å². The first kappa shape index (κ1) is 24.2. The van der Waals surface area contributed by atoms with Gasteiger partial charge in [-0.15, -0.1) is 0 Å². The highest BCUT2D eigenvalue weighted by atomic mass is 16.1. The van der Waals surface area contributed by atoms with Gasteiger partial charge in [-0.3, -0.25) is 4.79 Å². The molecule has 0 amide bonds. The Bertz CT molecular complexity index is 974. The molecule has 0 bridgehead atoms. The van der Waals surface area contributed by atoms with Gasteiger partial charge in [-0.05, 0) is 54.9 Å². The van der Waals surface area contributed by atoms with E-state index in [0.29, 0.717) is 18.4 Å². The van der Waals surface area contributed by atoms with Crippen molar-refractivity contribution in [1.82, 2.24) is 4.90 Å². The van der Waals surface area contributed by atoms with E-state index in [-0.39, 0.29) is 11.8 Å². The van der Waals surface area contributed by atoms with Crippen molar-refractivity contribution in [2.45, 2.75) is 95.1 Å². The normalized spacial score (nSPS) is 25.8. The summed E-state index contributed by atoms with van der Waals surface area (Å²) in [5.74, 6) is 1.56. The van der Waals surface area contributed by atoms with Gasteiger partial charge in [-0.25, -0.2) is 0 Å². The van der Waals surface area contributed by atoms with E-state index in [1.54, 1.807) is 6.08 Å². The van der Waals surface area contributed by atoms with Crippen molar-refractivity contribution in [2.24, 2.45) is 5.92 Å². The van der Waals surface area contributed by atoms with E-state index >= 15 is 0 Å². The Morgan fingerprint density at radius 3 is 2.29 bits per heavy atom. The zero-order valence-electron chi connectivity index (χ0n) is 21.2. The van der Waals surface area contributed by atoms with Gasteiger partial charge in [0, 0.05) is 42.9 Å². The van der Waals surface area contributed by atoms with Gasteiger partial charge in [0.15, 0.2) is 5.78 Å². The first-order valence-corrected chi connectivity index (χ1v) is 14.1. The molecule has 3 nitrogen and oxygen atoms in total. The third kappa shape index (κ3) is 6.18. The number of nitrogens with one attached hydrogen (secondary N) is 1. The molecule has 2 heterocycles. The molecule has 3 aliphatic rings. The summed E-state index contributed by atoms with van der Waals surface area (Å²) in [6, 6.07) is 20.5. The molecule has 3 unspecified atom stereocenters. The van der Waals surface area contributed by atoms with Crippen LogP contribution in [0.15, 0.2) is 66.9 Å². The van der Waals surface area contributed by atoms with Crippen LogP contribution in [0.25, 0.3) is 0 Å². The number of anilines is 1. The van der Waals surface area contributed by atoms with Crippen molar-refractivity contribution in [3.63, 3.8) is 0 Å². The maximum Gasteiger partial charge on any atom is 0.159 e. The lowest BCUT2D eigenvalue weighted by atomic mass is 9.79. The van der Waals surface area contributed by atoms with Crippen molar-refractivity contribution < 1.29 is 4.79 Å². The van der Waals surface area contributed by atoms with Crippen LogP contribution in [0.1, 0.15) is 87.7 Å². The minimum atomic E-state index is 0.256. The molecule has 1 fully saturated rings. The number of rotatable bonds is 6. The second-order valence-electron chi connectivity index (χ2n) is 11.0. The number of benzene rings is 2. The summed E-state index contributed by atoms with van der Waals surface area (Å²) in [5, 5.41) is 3.99. The molecule has 3 heteroatoms. The molecule has 0 radical (unpaired) electrons. The maximum atomic E-state index is 12.3. The first-order chi connectivity index (χ1) is 17.3. The Morgan fingerprint density at radius 2 is 1.51 bits per heavy atom. The number of allylic oxidation sites excluding steroid dienone is 1. The molecule has 2 aromatic carbocycles. The Kier molecular flexibility index (Phi) is 8.23. The fourth-order valence-corrected chi connectivity index (χ4v) is 6.75. The minimum Gasteiger partial charge on any atom is -0.381 e. The topological polar surface area (TPSA) is 32.3 Å². The smallest absolute Gasteiger partial charge is 0.159 e. The fraction of sp³-hybridized carbons (Fsp3) is 0.531. The van der Waals surface area contributed by atoms with Gasteiger partial charge >= 0.3 is 0 Å². The fourth-order valence-electron chi connectivity index (χ4n) is 6.75. The van der Waals surface area contributed by atoms with E-state index < -0.39 is 0 Å². The summed E-state index contributed by atoms with van der Waals surface area (Å²) < 4.78 is 0. The van der Waals surface area contributed by atoms with Crippen molar-refractivity contribution in [1.29, 1.82) is 0 Å². The molecule has 3 atom stereocenters. The van der Waals surface area contributed by atoms with Crippen LogP contribution in [0.5, 0.6) is 0 Å². The third-order valence-electron chi connectivity index (χ3n) is 8.64. The van der Waals surface area contributed by atoms with Gasteiger partial charge in [0.1, 0.15) is 0 Å². The van der Waals surface area contributed by atoms with Crippen molar-refractivity contribution in [2.75, 3.05) is 11.9 Å². The minimum absolute atomic E-state index is 0.256. The molecule has 2 aromatic rings. The van der Waals surface area contributed by atoms with Gasteiger partial charge in [-0.2, -0.15) is 0 Å². The first-order valence-electron chi connectivity index (χ1n) is 14.1. The van der Waals surface area contributed by atoms with E-state index in [1.807, 2.05) is 0 Å². The number of para-hydroxylation sites is 1. The van der Waals surface area contributed by atoms with Crippen LogP contribution in [0.2, 0.25) is 0 Å². The van der Waals surface area contributed by atoms with Crippen LogP contribution in [0, 0.1) is 5.92 Å².